The molecule has 0 atom stereocenters. The molecule has 0 aliphatic rings. The fourth-order valence-corrected chi connectivity index (χ4v) is 2.72. The van der Waals surface area contributed by atoms with Crippen LogP contribution in [0.2, 0.25) is 0 Å². The molecule has 7 heteroatoms. The third-order valence-corrected chi connectivity index (χ3v) is 3.90. The Morgan fingerprint density at radius 3 is 2.77 bits per heavy atom. The third kappa shape index (κ3) is 4.30. The minimum atomic E-state index is -0.445. The van der Waals surface area contributed by atoms with Crippen molar-refractivity contribution in [3.63, 3.8) is 0 Å². The van der Waals surface area contributed by atoms with E-state index in [1.165, 1.54) is 23.9 Å². The summed E-state index contributed by atoms with van der Waals surface area (Å²) >= 11 is 1.30. The summed E-state index contributed by atoms with van der Waals surface area (Å²) in [5.41, 5.74) is 0.188. The summed E-state index contributed by atoms with van der Waals surface area (Å²) in [6.07, 6.45) is 0. The molecule has 0 unspecified atom stereocenters. The largest absolute Gasteiger partial charge is 0.323 e. The average molecular weight is 322 g/mol. The number of benzene rings is 1. The van der Waals surface area contributed by atoms with Crippen LogP contribution in [0.5, 0.6) is 0 Å². The van der Waals surface area contributed by atoms with Gasteiger partial charge in [0.2, 0.25) is 5.91 Å². The lowest BCUT2D eigenvalue weighted by atomic mass is 10.2. The molecule has 0 aliphatic carbocycles. The van der Waals surface area contributed by atoms with Gasteiger partial charge in [-0.2, -0.15) is 0 Å². The lowest BCUT2D eigenvalue weighted by Crippen LogP contribution is -2.16. The Kier molecular flexibility index (Phi) is 5.54. The minimum absolute atomic E-state index is 0.157. The predicted octanol–water partition coefficient (Wildman–Crippen LogP) is 3.11. The molecule has 5 nitrogen and oxygen atoms in total. The molecule has 1 aromatic heterocycles. The number of aryl methyl sites for hydroxylation is 1. The number of para-hydroxylation sites is 1. The molecule has 1 aromatic carbocycles. The van der Waals surface area contributed by atoms with Gasteiger partial charge in [0, 0.05) is 6.54 Å². The van der Waals surface area contributed by atoms with Crippen molar-refractivity contribution < 1.29 is 9.18 Å². The summed E-state index contributed by atoms with van der Waals surface area (Å²) in [5, 5.41) is 11.4. The Labute approximate surface area is 133 Å². The van der Waals surface area contributed by atoms with Crippen LogP contribution in [0.4, 0.5) is 10.1 Å². The van der Waals surface area contributed by atoms with Crippen LogP contribution in [-0.2, 0) is 11.3 Å². The maximum atomic E-state index is 13.5. The molecule has 0 radical (unpaired) electrons. The van der Waals surface area contributed by atoms with Crippen LogP contribution in [0.3, 0.4) is 0 Å². The first kappa shape index (κ1) is 16.5. The second kappa shape index (κ2) is 7.40. The highest BCUT2D eigenvalue weighted by Crippen LogP contribution is 2.19. The van der Waals surface area contributed by atoms with Gasteiger partial charge in [0.15, 0.2) is 5.16 Å². The van der Waals surface area contributed by atoms with E-state index in [9.17, 15) is 9.18 Å². The first-order valence-electron chi connectivity index (χ1n) is 7.04. The summed E-state index contributed by atoms with van der Waals surface area (Å²) < 4.78 is 15.5. The number of halogens is 1. The topological polar surface area (TPSA) is 59.8 Å². The number of nitrogens with one attached hydrogen (secondary N) is 1. The second-order valence-electron chi connectivity index (χ2n) is 5.35. The van der Waals surface area contributed by atoms with E-state index in [-0.39, 0.29) is 17.3 Å². The van der Waals surface area contributed by atoms with E-state index in [0.29, 0.717) is 11.1 Å². The molecular weight excluding hydrogens is 303 g/mol. The van der Waals surface area contributed by atoms with Crippen molar-refractivity contribution in [1.29, 1.82) is 0 Å². The van der Waals surface area contributed by atoms with Crippen LogP contribution in [0, 0.1) is 18.7 Å². The number of amides is 1. The Morgan fingerprint density at radius 1 is 1.36 bits per heavy atom. The van der Waals surface area contributed by atoms with Crippen LogP contribution in [0.1, 0.15) is 19.7 Å². The molecule has 1 amide bonds. The van der Waals surface area contributed by atoms with Gasteiger partial charge in [0.05, 0.1) is 11.4 Å². The van der Waals surface area contributed by atoms with Crippen LogP contribution in [0.15, 0.2) is 29.4 Å². The number of hydrogen-bond acceptors (Lipinski definition) is 4. The van der Waals surface area contributed by atoms with E-state index < -0.39 is 5.82 Å². The number of aromatic nitrogens is 3. The van der Waals surface area contributed by atoms with Gasteiger partial charge in [-0.25, -0.2) is 4.39 Å². The summed E-state index contributed by atoms with van der Waals surface area (Å²) in [5.74, 6) is 0.725. The summed E-state index contributed by atoms with van der Waals surface area (Å²) in [7, 11) is 0. The van der Waals surface area contributed by atoms with E-state index >= 15 is 0 Å². The van der Waals surface area contributed by atoms with E-state index in [1.54, 1.807) is 12.1 Å². The van der Waals surface area contributed by atoms with Crippen molar-refractivity contribution in [2.24, 2.45) is 5.92 Å². The van der Waals surface area contributed by atoms with Crippen LogP contribution < -0.4 is 5.32 Å². The Bertz CT molecular complexity index is 657. The van der Waals surface area contributed by atoms with Crippen LogP contribution in [-0.4, -0.2) is 26.4 Å². The van der Waals surface area contributed by atoms with Crippen molar-refractivity contribution in [1.82, 2.24) is 14.8 Å². The van der Waals surface area contributed by atoms with Gasteiger partial charge in [0.1, 0.15) is 11.6 Å². The fourth-order valence-electron chi connectivity index (χ4n) is 1.92. The smallest absolute Gasteiger partial charge is 0.234 e. The first-order chi connectivity index (χ1) is 10.5. The average Bonchev–Trinajstić information content (AvgIpc) is 2.80. The Balaban J connectivity index is 1.96. The molecule has 1 N–H and O–H groups in total. The third-order valence-electron chi connectivity index (χ3n) is 2.93. The molecule has 0 spiro atoms. The van der Waals surface area contributed by atoms with Crippen molar-refractivity contribution in [2.45, 2.75) is 32.5 Å². The highest BCUT2D eigenvalue weighted by atomic mass is 32.2. The predicted molar refractivity (Wildman–Crippen MR) is 85.4 cm³/mol. The van der Waals surface area contributed by atoms with Crippen LogP contribution in [0.25, 0.3) is 0 Å². The second-order valence-corrected chi connectivity index (χ2v) is 6.29. The van der Waals surface area contributed by atoms with Gasteiger partial charge in [-0.1, -0.05) is 37.7 Å². The van der Waals surface area contributed by atoms with Gasteiger partial charge >= 0.3 is 0 Å². The summed E-state index contributed by atoms with van der Waals surface area (Å²) in [4.78, 5) is 11.9. The van der Waals surface area contributed by atoms with Gasteiger partial charge in [-0.05, 0) is 25.0 Å². The number of anilines is 1. The van der Waals surface area contributed by atoms with E-state index in [0.717, 1.165) is 12.4 Å². The van der Waals surface area contributed by atoms with Crippen molar-refractivity contribution in [3.8, 4) is 0 Å². The highest BCUT2D eigenvalue weighted by molar-refractivity contribution is 7.99. The van der Waals surface area contributed by atoms with Gasteiger partial charge in [0.25, 0.3) is 0 Å². The Morgan fingerprint density at radius 2 is 2.09 bits per heavy atom. The number of carbonyl (C=O) groups excluding carboxylic acids is 1. The lowest BCUT2D eigenvalue weighted by Gasteiger charge is -2.10. The quantitative estimate of drug-likeness (QED) is 0.830. The van der Waals surface area contributed by atoms with Crippen molar-refractivity contribution in [2.75, 3.05) is 11.1 Å². The van der Waals surface area contributed by atoms with E-state index in [4.69, 9.17) is 0 Å². The van der Waals surface area contributed by atoms with E-state index in [2.05, 4.69) is 29.4 Å². The first-order valence-corrected chi connectivity index (χ1v) is 8.03. The zero-order chi connectivity index (χ0) is 16.1. The monoisotopic (exact) mass is 322 g/mol. The molecule has 1 heterocycles. The molecule has 0 fully saturated rings. The summed E-state index contributed by atoms with van der Waals surface area (Å²) in [6, 6.07) is 6.10. The lowest BCUT2D eigenvalue weighted by molar-refractivity contribution is -0.113. The molecule has 118 valence electrons. The van der Waals surface area contributed by atoms with Crippen molar-refractivity contribution >= 4 is 23.4 Å². The van der Waals surface area contributed by atoms with Crippen molar-refractivity contribution in [3.05, 3.63) is 35.9 Å². The number of thioether (sulfide) groups is 1. The molecule has 22 heavy (non-hydrogen) atoms. The fraction of sp³-hybridized carbons (Fsp3) is 0.400. The number of hydrogen-bond donors (Lipinski definition) is 1. The molecule has 2 rings (SSSR count). The summed E-state index contributed by atoms with van der Waals surface area (Å²) in [6.45, 7) is 6.91. The van der Waals surface area contributed by atoms with Gasteiger partial charge in [-0.3, -0.25) is 4.79 Å². The molecule has 0 saturated carbocycles. The number of nitrogens with zero attached hydrogens (tertiary/aromatic N) is 3. The number of rotatable bonds is 6. The maximum Gasteiger partial charge on any atom is 0.234 e. The SMILES string of the molecule is Cc1nnc(SCC(=O)Nc2ccccc2F)n1CC(C)C. The molecular formula is C15H19FN4OS. The van der Waals surface area contributed by atoms with Gasteiger partial charge < -0.3 is 9.88 Å². The minimum Gasteiger partial charge on any atom is -0.323 e. The molecule has 0 saturated heterocycles. The maximum absolute atomic E-state index is 13.5. The Hall–Kier alpha value is -1.89. The zero-order valence-corrected chi connectivity index (χ0v) is 13.7. The normalized spacial score (nSPS) is 11.0. The van der Waals surface area contributed by atoms with E-state index in [1.807, 2.05) is 11.5 Å². The molecule has 2 aromatic rings. The van der Waals surface area contributed by atoms with Crippen LogP contribution >= 0.6 is 11.8 Å². The van der Waals surface area contributed by atoms with Gasteiger partial charge in [-0.15, -0.1) is 10.2 Å². The molecule has 0 aliphatic heterocycles. The molecule has 0 bridgehead atoms. The standard InChI is InChI=1S/C15H19FN4OS/c1-10(2)8-20-11(3)18-19-15(20)22-9-14(21)17-13-7-5-4-6-12(13)16/h4-7,10H,8-9H2,1-3H3,(H,17,21). The number of carbonyl (C=O) groups is 1. The zero-order valence-electron chi connectivity index (χ0n) is 12.8. The highest BCUT2D eigenvalue weighted by Gasteiger charge is 2.13.